The molecule has 27 heavy (non-hydrogen) atoms. The standard InChI is InChI=1S/C19H24N2O4S2/c1-24-16-5-7-17(8-6-16)25-13-14-26-19-10-9-18(15-20-19)27(22,23)21-11-3-2-4-12-21/h5-10,15H,2-4,11-14H2,1H3. The van der Waals surface area contributed by atoms with Crippen molar-refractivity contribution in [1.82, 2.24) is 9.29 Å². The molecule has 2 aromatic rings. The summed E-state index contributed by atoms with van der Waals surface area (Å²) in [7, 11) is -1.79. The number of sulfonamides is 1. The van der Waals surface area contributed by atoms with Crippen LogP contribution in [0.1, 0.15) is 19.3 Å². The number of hydrogen-bond donors (Lipinski definition) is 0. The van der Waals surface area contributed by atoms with E-state index in [0.717, 1.165) is 41.5 Å². The normalized spacial score (nSPS) is 15.4. The van der Waals surface area contributed by atoms with E-state index in [4.69, 9.17) is 9.47 Å². The Bertz CT molecular complexity index is 818. The van der Waals surface area contributed by atoms with E-state index in [2.05, 4.69) is 4.98 Å². The summed E-state index contributed by atoms with van der Waals surface area (Å²) in [5, 5.41) is 0.783. The monoisotopic (exact) mass is 408 g/mol. The summed E-state index contributed by atoms with van der Waals surface area (Å²) >= 11 is 1.53. The molecule has 0 aliphatic carbocycles. The lowest BCUT2D eigenvalue weighted by Crippen LogP contribution is -2.35. The second kappa shape index (κ2) is 9.43. The Balaban J connectivity index is 1.48. The van der Waals surface area contributed by atoms with Crippen LogP contribution in [-0.2, 0) is 10.0 Å². The molecule has 8 heteroatoms. The minimum absolute atomic E-state index is 0.267. The summed E-state index contributed by atoms with van der Waals surface area (Å²) < 4.78 is 37.6. The molecular formula is C19H24N2O4S2. The first-order valence-corrected chi connectivity index (χ1v) is 11.4. The zero-order chi connectivity index (χ0) is 19.1. The Morgan fingerprint density at radius 2 is 1.74 bits per heavy atom. The Kier molecular flexibility index (Phi) is 6.98. The van der Waals surface area contributed by atoms with Crippen molar-refractivity contribution in [3.63, 3.8) is 0 Å². The van der Waals surface area contributed by atoms with E-state index >= 15 is 0 Å². The minimum atomic E-state index is -3.42. The fraction of sp³-hybridized carbons (Fsp3) is 0.421. The van der Waals surface area contributed by atoms with Gasteiger partial charge in [-0.3, -0.25) is 0 Å². The average molecular weight is 409 g/mol. The van der Waals surface area contributed by atoms with E-state index in [0.29, 0.717) is 19.7 Å². The second-order valence-corrected chi connectivity index (χ2v) is 9.22. The zero-order valence-electron chi connectivity index (χ0n) is 15.3. The van der Waals surface area contributed by atoms with E-state index in [-0.39, 0.29) is 4.90 Å². The maximum atomic E-state index is 12.6. The molecule has 0 saturated carbocycles. The van der Waals surface area contributed by atoms with Crippen LogP contribution in [0.3, 0.4) is 0 Å². The molecule has 0 N–H and O–H groups in total. The van der Waals surface area contributed by atoms with Gasteiger partial charge in [-0.2, -0.15) is 4.31 Å². The highest BCUT2D eigenvalue weighted by atomic mass is 32.2. The number of aromatic nitrogens is 1. The van der Waals surface area contributed by atoms with Gasteiger partial charge in [0.15, 0.2) is 0 Å². The lowest BCUT2D eigenvalue weighted by molar-refractivity contribution is 0.342. The Morgan fingerprint density at radius 1 is 1.04 bits per heavy atom. The highest BCUT2D eigenvalue weighted by Crippen LogP contribution is 2.23. The number of rotatable bonds is 8. The van der Waals surface area contributed by atoms with Crippen LogP contribution in [0, 0.1) is 0 Å². The Morgan fingerprint density at radius 3 is 2.37 bits per heavy atom. The second-order valence-electron chi connectivity index (χ2n) is 6.17. The predicted octanol–water partition coefficient (Wildman–Crippen LogP) is 3.44. The molecule has 0 unspecified atom stereocenters. The van der Waals surface area contributed by atoms with Crippen LogP contribution >= 0.6 is 11.8 Å². The van der Waals surface area contributed by atoms with Crippen molar-refractivity contribution >= 4 is 21.8 Å². The van der Waals surface area contributed by atoms with Gasteiger partial charge in [-0.25, -0.2) is 13.4 Å². The molecule has 2 heterocycles. The van der Waals surface area contributed by atoms with Gasteiger partial charge in [0, 0.05) is 25.0 Å². The highest BCUT2D eigenvalue weighted by molar-refractivity contribution is 7.99. The van der Waals surface area contributed by atoms with Crippen molar-refractivity contribution in [2.75, 3.05) is 32.6 Å². The maximum Gasteiger partial charge on any atom is 0.244 e. The quantitative estimate of drug-likeness (QED) is 0.492. The van der Waals surface area contributed by atoms with Gasteiger partial charge in [0.2, 0.25) is 10.0 Å². The van der Waals surface area contributed by atoms with Crippen molar-refractivity contribution in [1.29, 1.82) is 0 Å². The van der Waals surface area contributed by atoms with Crippen LogP contribution in [0.5, 0.6) is 11.5 Å². The largest absolute Gasteiger partial charge is 0.497 e. The van der Waals surface area contributed by atoms with Gasteiger partial charge in [-0.05, 0) is 49.2 Å². The van der Waals surface area contributed by atoms with Crippen LogP contribution in [-0.4, -0.2) is 50.3 Å². The molecule has 146 valence electrons. The van der Waals surface area contributed by atoms with E-state index in [1.165, 1.54) is 18.0 Å². The number of ether oxygens (including phenoxy) is 2. The van der Waals surface area contributed by atoms with Crippen molar-refractivity contribution in [3.05, 3.63) is 42.6 Å². The molecule has 1 aromatic heterocycles. The fourth-order valence-corrected chi connectivity index (χ4v) is 4.97. The number of benzene rings is 1. The first-order chi connectivity index (χ1) is 13.1. The van der Waals surface area contributed by atoms with Crippen LogP contribution in [0.4, 0.5) is 0 Å². The van der Waals surface area contributed by atoms with Crippen LogP contribution in [0.15, 0.2) is 52.5 Å². The van der Waals surface area contributed by atoms with Crippen LogP contribution in [0.2, 0.25) is 0 Å². The van der Waals surface area contributed by atoms with Gasteiger partial charge in [0.1, 0.15) is 16.4 Å². The molecule has 0 bridgehead atoms. The maximum absolute atomic E-state index is 12.6. The van der Waals surface area contributed by atoms with E-state index in [1.807, 2.05) is 24.3 Å². The molecule has 1 fully saturated rings. The van der Waals surface area contributed by atoms with Gasteiger partial charge in [-0.1, -0.05) is 6.42 Å². The number of piperidine rings is 1. The topological polar surface area (TPSA) is 68.7 Å². The summed E-state index contributed by atoms with van der Waals surface area (Å²) in [6, 6.07) is 10.8. The summed E-state index contributed by atoms with van der Waals surface area (Å²) in [4.78, 5) is 4.56. The van der Waals surface area contributed by atoms with Gasteiger partial charge in [0.25, 0.3) is 0 Å². The number of pyridine rings is 1. The number of hydrogen-bond acceptors (Lipinski definition) is 6. The van der Waals surface area contributed by atoms with Crippen LogP contribution in [0.25, 0.3) is 0 Å². The molecule has 1 aromatic carbocycles. The van der Waals surface area contributed by atoms with Crippen molar-refractivity contribution in [2.24, 2.45) is 0 Å². The van der Waals surface area contributed by atoms with E-state index in [9.17, 15) is 8.42 Å². The average Bonchev–Trinajstić information content (AvgIpc) is 2.72. The molecule has 0 atom stereocenters. The fourth-order valence-electron chi connectivity index (χ4n) is 2.84. The smallest absolute Gasteiger partial charge is 0.244 e. The van der Waals surface area contributed by atoms with Crippen LogP contribution < -0.4 is 9.47 Å². The third-order valence-electron chi connectivity index (χ3n) is 4.32. The van der Waals surface area contributed by atoms with Gasteiger partial charge >= 0.3 is 0 Å². The molecule has 0 spiro atoms. The van der Waals surface area contributed by atoms with Crippen molar-refractivity contribution in [2.45, 2.75) is 29.2 Å². The summed E-state index contributed by atoms with van der Waals surface area (Å²) in [5.41, 5.74) is 0. The molecule has 0 amide bonds. The van der Waals surface area contributed by atoms with Gasteiger partial charge in [0.05, 0.1) is 18.7 Å². The van der Waals surface area contributed by atoms with Gasteiger partial charge in [-0.15, -0.1) is 11.8 Å². The number of methoxy groups -OCH3 is 1. The van der Waals surface area contributed by atoms with Crippen molar-refractivity contribution in [3.8, 4) is 11.5 Å². The molecule has 1 saturated heterocycles. The third kappa shape index (κ3) is 5.37. The summed E-state index contributed by atoms with van der Waals surface area (Å²) in [5.74, 6) is 2.30. The predicted molar refractivity (Wildman–Crippen MR) is 106 cm³/mol. The van der Waals surface area contributed by atoms with E-state index in [1.54, 1.807) is 23.5 Å². The van der Waals surface area contributed by atoms with Crippen molar-refractivity contribution < 1.29 is 17.9 Å². The third-order valence-corrected chi connectivity index (χ3v) is 7.11. The molecule has 1 aliphatic heterocycles. The molecular weight excluding hydrogens is 384 g/mol. The molecule has 6 nitrogen and oxygen atoms in total. The summed E-state index contributed by atoms with van der Waals surface area (Å²) in [6.07, 6.45) is 4.40. The number of nitrogens with zero attached hydrogens (tertiary/aromatic N) is 2. The SMILES string of the molecule is COc1ccc(OCCSc2ccc(S(=O)(=O)N3CCCCC3)cn2)cc1. The molecule has 3 rings (SSSR count). The lowest BCUT2D eigenvalue weighted by Gasteiger charge is -2.25. The zero-order valence-corrected chi connectivity index (χ0v) is 17.0. The molecule has 1 aliphatic rings. The lowest BCUT2D eigenvalue weighted by atomic mass is 10.2. The van der Waals surface area contributed by atoms with Gasteiger partial charge < -0.3 is 9.47 Å². The highest BCUT2D eigenvalue weighted by Gasteiger charge is 2.26. The number of thioether (sulfide) groups is 1. The minimum Gasteiger partial charge on any atom is -0.497 e. The molecule has 0 radical (unpaired) electrons. The first-order valence-electron chi connectivity index (χ1n) is 8.95. The summed E-state index contributed by atoms with van der Waals surface area (Å²) in [6.45, 7) is 1.73. The first kappa shape index (κ1) is 20.0. The van der Waals surface area contributed by atoms with E-state index < -0.39 is 10.0 Å². The Hall–Kier alpha value is -1.77. The Labute approximate surface area is 164 Å².